The highest BCUT2D eigenvalue weighted by Gasteiger charge is 2.01. The molecule has 0 aromatic carbocycles. The molecule has 2 N–H and O–H groups in total. The first kappa shape index (κ1) is 7.98. The number of aromatic nitrogens is 2. The van der Waals surface area contributed by atoms with Gasteiger partial charge in [-0.2, -0.15) is 0 Å². The molecule has 0 atom stereocenters. The molecule has 2 aromatic heterocycles. The molecule has 0 aliphatic carbocycles. The Kier molecular flexibility index (Phi) is 1.65. The third-order valence-electron chi connectivity index (χ3n) is 1.97. The summed E-state index contributed by atoms with van der Waals surface area (Å²) in [5, 5.41) is 0.927. The van der Waals surface area contributed by atoms with Crippen LogP contribution in [0.25, 0.3) is 11.0 Å². The SMILES string of the molecule is Cc1ccc2c(N)cc(C)nc2n1. The maximum absolute atomic E-state index is 5.83. The van der Waals surface area contributed by atoms with Crippen molar-refractivity contribution in [1.29, 1.82) is 0 Å². The second-order valence-electron chi connectivity index (χ2n) is 3.18. The Hall–Kier alpha value is -1.64. The van der Waals surface area contributed by atoms with Gasteiger partial charge >= 0.3 is 0 Å². The summed E-state index contributed by atoms with van der Waals surface area (Å²) in [5.41, 5.74) is 9.17. The van der Waals surface area contributed by atoms with Gasteiger partial charge in [0.15, 0.2) is 5.65 Å². The van der Waals surface area contributed by atoms with Crippen molar-refractivity contribution in [3.8, 4) is 0 Å². The van der Waals surface area contributed by atoms with Gasteiger partial charge in [-0.05, 0) is 32.0 Å². The second kappa shape index (κ2) is 2.69. The number of nitrogen functional groups attached to an aromatic ring is 1. The fourth-order valence-electron chi connectivity index (χ4n) is 1.36. The van der Waals surface area contributed by atoms with Crippen LogP contribution in [0.15, 0.2) is 18.2 Å². The molecule has 0 aliphatic rings. The van der Waals surface area contributed by atoms with Crippen molar-refractivity contribution < 1.29 is 0 Å². The summed E-state index contributed by atoms with van der Waals surface area (Å²) in [4.78, 5) is 8.61. The monoisotopic (exact) mass is 173 g/mol. The lowest BCUT2D eigenvalue weighted by Gasteiger charge is -2.02. The van der Waals surface area contributed by atoms with E-state index in [1.165, 1.54) is 0 Å². The van der Waals surface area contributed by atoms with Gasteiger partial charge in [0.1, 0.15) is 0 Å². The first-order valence-corrected chi connectivity index (χ1v) is 4.17. The Balaban J connectivity index is 2.86. The second-order valence-corrected chi connectivity index (χ2v) is 3.18. The molecule has 0 saturated heterocycles. The molecule has 0 aliphatic heterocycles. The van der Waals surface area contributed by atoms with Crippen molar-refractivity contribution in [3.63, 3.8) is 0 Å². The molecule has 3 nitrogen and oxygen atoms in total. The van der Waals surface area contributed by atoms with Crippen LogP contribution in [0.1, 0.15) is 11.4 Å². The van der Waals surface area contributed by atoms with E-state index in [9.17, 15) is 0 Å². The van der Waals surface area contributed by atoms with Gasteiger partial charge in [-0.15, -0.1) is 0 Å². The lowest BCUT2D eigenvalue weighted by atomic mass is 10.2. The largest absolute Gasteiger partial charge is 0.398 e. The zero-order chi connectivity index (χ0) is 9.42. The van der Waals surface area contributed by atoms with Crippen LogP contribution in [0, 0.1) is 13.8 Å². The van der Waals surface area contributed by atoms with Crippen LogP contribution in [0.4, 0.5) is 5.69 Å². The van der Waals surface area contributed by atoms with Gasteiger partial charge in [0.2, 0.25) is 0 Å². The maximum Gasteiger partial charge on any atom is 0.161 e. The predicted octanol–water partition coefficient (Wildman–Crippen LogP) is 1.83. The number of anilines is 1. The van der Waals surface area contributed by atoms with Gasteiger partial charge in [0.05, 0.1) is 0 Å². The number of pyridine rings is 2. The fourth-order valence-corrected chi connectivity index (χ4v) is 1.36. The van der Waals surface area contributed by atoms with E-state index >= 15 is 0 Å². The van der Waals surface area contributed by atoms with Crippen LogP contribution < -0.4 is 5.73 Å². The molecule has 0 radical (unpaired) electrons. The summed E-state index contributed by atoms with van der Waals surface area (Å²) in [6, 6.07) is 5.76. The summed E-state index contributed by atoms with van der Waals surface area (Å²) in [6.07, 6.45) is 0. The highest BCUT2D eigenvalue weighted by molar-refractivity contribution is 5.87. The minimum Gasteiger partial charge on any atom is -0.398 e. The van der Waals surface area contributed by atoms with E-state index in [1.807, 2.05) is 32.0 Å². The van der Waals surface area contributed by atoms with Crippen LogP contribution in [-0.4, -0.2) is 9.97 Å². The zero-order valence-corrected chi connectivity index (χ0v) is 7.70. The molecule has 3 heteroatoms. The molecule has 0 amide bonds. The van der Waals surface area contributed by atoms with E-state index in [0.29, 0.717) is 0 Å². The first-order chi connectivity index (χ1) is 6.16. The Bertz CT molecular complexity index is 458. The first-order valence-electron chi connectivity index (χ1n) is 4.17. The van der Waals surface area contributed by atoms with E-state index in [2.05, 4.69) is 9.97 Å². The summed E-state index contributed by atoms with van der Waals surface area (Å²) < 4.78 is 0. The summed E-state index contributed by atoms with van der Waals surface area (Å²) in [6.45, 7) is 3.86. The van der Waals surface area contributed by atoms with Crippen molar-refractivity contribution in [1.82, 2.24) is 9.97 Å². The zero-order valence-electron chi connectivity index (χ0n) is 7.70. The Morgan fingerprint density at radius 2 is 1.77 bits per heavy atom. The molecule has 13 heavy (non-hydrogen) atoms. The number of hydrogen-bond acceptors (Lipinski definition) is 3. The Morgan fingerprint density at radius 3 is 2.54 bits per heavy atom. The van der Waals surface area contributed by atoms with Crippen molar-refractivity contribution in [2.45, 2.75) is 13.8 Å². The van der Waals surface area contributed by atoms with E-state index in [4.69, 9.17) is 5.73 Å². The van der Waals surface area contributed by atoms with Gasteiger partial charge < -0.3 is 5.73 Å². The number of nitrogens with zero attached hydrogens (tertiary/aromatic N) is 2. The van der Waals surface area contributed by atoms with E-state index in [1.54, 1.807) is 0 Å². The molecule has 0 fully saturated rings. The van der Waals surface area contributed by atoms with Crippen LogP contribution in [0.5, 0.6) is 0 Å². The number of rotatable bonds is 0. The van der Waals surface area contributed by atoms with Crippen LogP contribution in [-0.2, 0) is 0 Å². The number of fused-ring (bicyclic) bond motifs is 1. The smallest absolute Gasteiger partial charge is 0.161 e. The molecule has 0 unspecified atom stereocenters. The highest BCUT2D eigenvalue weighted by Crippen LogP contribution is 2.18. The quantitative estimate of drug-likeness (QED) is 0.661. The molecule has 66 valence electrons. The van der Waals surface area contributed by atoms with E-state index in [0.717, 1.165) is 28.1 Å². The number of nitrogens with two attached hydrogens (primary N) is 1. The van der Waals surface area contributed by atoms with Crippen LogP contribution in [0.2, 0.25) is 0 Å². The molecule has 2 rings (SSSR count). The number of aryl methyl sites for hydroxylation is 2. The van der Waals surface area contributed by atoms with Crippen molar-refractivity contribution in [2.24, 2.45) is 0 Å². The van der Waals surface area contributed by atoms with Crippen molar-refractivity contribution >= 4 is 16.7 Å². The Morgan fingerprint density at radius 1 is 1.08 bits per heavy atom. The summed E-state index contributed by atoms with van der Waals surface area (Å²) in [7, 11) is 0. The normalized spacial score (nSPS) is 10.6. The lowest BCUT2D eigenvalue weighted by molar-refractivity contribution is 1.16. The molecule has 2 heterocycles. The van der Waals surface area contributed by atoms with Crippen LogP contribution >= 0.6 is 0 Å². The maximum atomic E-state index is 5.83. The van der Waals surface area contributed by atoms with Crippen LogP contribution in [0.3, 0.4) is 0 Å². The molecular weight excluding hydrogens is 162 g/mol. The number of hydrogen-bond donors (Lipinski definition) is 1. The minimum absolute atomic E-state index is 0.734. The lowest BCUT2D eigenvalue weighted by Crippen LogP contribution is -1.94. The summed E-state index contributed by atoms with van der Waals surface area (Å²) in [5.74, 6) is 0. The molecular formula is C10H11N3. The average molecular weight is 173 g/mol. The summed E-state index contributed by atoms with van der Waals surface area (Å²) >= 11 is 0. The van der Waals surface area contributed by atoms with Crippen molar-refractivity contribution in [2.75, 3.05) is 5.73 Å². The minimum atomic E-state index is 0.734. The van der Waals surface area contributed by atoms with Gasteiger partial charge in [0, 0.05) is 22.5 Å². The molecule has 0 spiro atoms. The molecule has 2 aromatic rings. The van der Waals surface area contributed by atoms with E-state index < -0.39 is 0 Å². The third kappa shape index (κ3) is 1.33. The van der Waals surface area contributed by atoms with Gasteiger partial charge in [-0.25, -0.2) is 9.97 Å². The van der Waals surface area contributed by atoms with Crippen molar-refractivity contribution in [3.05, 3.63) is 29.6 Å². The average Bonchev–Trinajstić information content (AvgIpc) is 2.02. The standard InChI is InChI=1S/C10H11N3/c1-6-3-4-8-9(11)5-7(2)13-10(8)12-6/h3-5H,1-2H3,(H2,11,12,13). The fraction of sp³-hybridized carbons (Fsp3) is 0.200. The van der Waals surface area contributed by atoms with Gasteiger partial charge in [-0.1, -0.05) is 0 Å². The topological polar surface area (TPSA) is 51.8 Å². The van der Waals surface area contributed by atoms with E-state index in [-0.39, 0.29) is 0 Å². The molecule has 0 bridgehead atoms. The molecule has 0 saturated carbocycles. The third-order valence-corrected chi connectivity index (χ3v) is 1.97. The van der Waals surface area contributed by atoms with Gasteiger partial charge in [0.25, 0.3) is 0 Å². The predicted molar refractivity (Wildman–Crippen MR) is 53.4 cm³/mol. The Labute approximate surface area is 76.6 Å². The highest BCUT2D eigenvalue weighted by atomic mass is 14.9. The van der Waals surface area contributed by atoms with Gasteiger partial charge in [-0.3, -0.25) is 0 Å².